The molecule has 4 N–H and O–H groups in total. The lowest BCUT2D eigenvalue weighted by Crippen LogP contribution is -2.38. The van der Waals surface area contributed by atoms with E-state index >= 15 is 0 Å². The molecule has 0 aromatic heterocycles. The van der Waals surface area contributed by atoms with Crippen molar-refractivity contribution in [3.05, 3.63) is 70.7 Å². The van der Waals surface area contributed by atoms with Gasteiger partial charge in [-0.2, -0.15) is 0 Å². The van der Waals surface area contributed by atoms with Crippen molar-refractivity contribution < 1.29 is 19.6 Å². The van der Waals surface area contributed by atoms with Crippen molar-refractivity contribution in [2.45, 2.75) is 33.2 Å². The van der Waals surface area contributed by atoms with Gasteiger partial charge in [0, 0.05) is 10.6 Å². The summed E-state index contributed by atoms with van der Waals surface area (Å²) in [6, 6.07) is 14.9. The number of carbonyl (C=O) groups is 2. The third-order valence-corrected chi connectivity index (χ3v) is 3.70. The minimum absolute atomic E-state index is 0.0639. The minimum Gasteiger partial charge on any atom is -0.426 e. The molecule has 2 rings (SSSR count). The van der Waals surface area contributed by atoms with Gasteiger partial charge in [-0.15, -0.1) is 0 Å². The molecule has 29 heavy (non-hydrogen) atoms. The van der Waals surface area contributed by atoms with E-state index in [9.17, 15) is 9.59 Å². The number of hydrogen-bond donors (Lipinski definition) is 4. The Morgan fingerprint density at radius 1 is 1.03 bits per heavy atom. The molecule has 0 spiro atoms. The summed E-state index contributed by atoms with van der Waals surface area (Å²) < 4.78 is 0. The highest BCUT2D eigenvalue weighted by atomic mass is 35.5. The second-order valence-corrected chi connectivity index (χ2v) is 7.60. The zero-order valence-electron chi connectivity index (χ0n) is 16.9. The number of nitrogens with one attached hydrogen (secondary N) is 2. The Hall–Kier alpha value is -2.35. The molecule has 156 valence electrons. The number of benzene rings is 2. The van der Waals surface area contributed by atoms with Crippen LogP contribution in [0.3, 0.4) is 0 Å². The van der Waals surface area contributed by atoms with Gasteiger partial charge < -0.3 is 20.7 Å². The van der Waals surface area contributed by atoms with Crippen molar-refractivity contribution >= 4 is 30.5 Å². The first-order chi connectivity index (χ1) is 13.7. The van der Waals surface area contributed by atoms with Crippen LogP contribution in [-0.2, 0) is 4.79 Å². The predicted octanol–water partition coefficient (Wildman–Crippen LogP) is 2.99. The second-order valence-electron chi connectivity index (χ2n) is 7.17. The molecule has 0 heterocycles. The normalized spacial score (nSPS) is 11.1. The molecule has 1 atom stereocenters. The molecular weight excluding hydrogens is 391 g/mol. The maximum absolute atomic E-state index is 12.4. The molecule has 1 unspecified atom stereocenters. The van der Waals surface area contributed by atoms with Crippen molar-refractivity contribution in [1.82, 2.24) is 10.6 Å². The molecule has 0 aliphatic carbocycles. The number of halogens is 1. The van der Waals surface area contributed by atoms with Crippen molar-refractivity contribution in [1.29, 1.82) is 0 Å². The van der Waals surface area contributed by atoms with Crippen molar-refractivity contribution in [3.8, 4) is 0 Å². The zero-order valence-corrected chi connectivity index (χ0v) is 17.7. The first-order valence-corrected chi connectivity index (χ1v) is 9.81. The van der Waals surface area contributed by atoms with Gasteiger partial charge in [0.2, 0.25) is 5.91 Å². The molecule has 0 aliphatic heterocycles. The van der Waals surface area contributed by atoms with Gasteiger partial charge in [-0.05, 0) is 35.7 Å². The van der Waals surface area contributed by atoms with Gasteiger partial charge in [0.15, 0.2) is 0 Å². The fourth-order valence-electron chi connectivity index (χ4n) is 2.27. The van der Waals surface area contributed by atoms with Crippen molar-refractivity contribution in [3.63, 3.8) is 0 Å². The van der Waals surface area contributed by atoms with Crippen LogP contribution in [0.4, 0.5) is 0 Å². The Balaban J connectivity index is 0.000000960. The summed E-state index contributed by atoms with van der Waals surface area (Å²) in [5.41, 5.74) is 1.15. The van der Waals surface area contributed by atoms with Crippen LogP contribution in [0.1, 0.15) is 49.2 Å². The maximum atomic E-state index is 12.4. The van der Waals surface area contributed by atoms with Gasteiger partial charge in [0.1, 0.15) is 0 Å². The molecule has 2 aromatic rings. The molecule has 8 heteroatoms. The van der Waals surface area contributed by atoms with Crippen LogP contribution in [-0.4, -0.2) is 35.4 Å². The van der Waals surface area contributed by atoms with Crippen LogP contribution in [0.15, 0.2) is 54.6 Å². The Labute approximate surface area is 177 Å². The molecule has 0 aliphatic rings. The lowest BCUT2D eigenvalue weighted by Gasteiger charge is -2.19. The number of rotatable bonds is 7. The molecule has 2 amide bonds. The highest BCUT2D eigenvalue weighted by Gasteiger charge is 2.20. The summed E-state index contributed by atoms with van der Waals surface area (Å²) >= 11 is 6.00. The Morgan fingerprint density at radius 2 is 1.66 bits per heavy atom. The van der Waals surface area contributed by atoms with Crippen LogP contribution in [0.5, 0.6) is 0 Å². The summed E-state index contributed by atoms with van der Waals surface area (Å²) in [6.45, 7) is 6.50. The fourth-order valence-corrected chi connectivity index (χ4v) is 2.47. The molecule has 0 fully saturated rings. The highest BCUT2D eigenvalue weighted by Crippen LogP contribution is 2.21. The molecule has 0 saturated carbocycles. The average Bonchev–Trinajstić information content (AvgIpc) is 2.66. The van der Waals surface area contributed by atoms with Gasteiger partial charge >= 0.3 is 7.12 Å². The monoisotopic (exact) mass is 418 g/mol. The lowest BCUT2D eigenvalue weighted by atomic mass is 9.92. The SMILES string of the molecule is CC(C)C.O=C(CC(NC(=O)c1ccccc1)c1cccc(Cl)c1)NCB(O)O. The Bertz CT molecular complexity index is 770. The van der Waals surface area contributed by atoms with Gasteiger partial charge in [0.05, 0.1) is 18.9 Å². The van der Waals surface area contributed by atoms with Crippen LogP contribution >= 0.6 is 11.6 Å². The lowest BCUT2D eigenvalue weighted by molar-refractivity contribution is -0.121. The van der Waals surface area contributed by atoms with Crippen LogP contribution in [0.25, 0.3) is 0 Å². The van der Waals surface area contributed by atoms with E-state index in [2.05, 4.69) is 31.4 Å². The zero-order chi connectivity index (χ0) is 21.8. The first-order valence-electron chi connectivity index (χ1n) is 9.43. The molecule has 6 nitrogen and oxygen atoms in total. The molecular formula is C21H28BClN2O4. The quantitative estimate of drug-likeness (QED) is 0.519. The van der Waals surface area contributed by atoms with E-state index < -0.39 is 19.1 Å². The summed E-state index contributed by atoms with van der Waals surface area (Å²) in [4.78, 5) is 24.4. The van der Waals surface area contributed by atoms with Crippen molar-refractivity contribution in [2.75, 3.05) is 6.44 Å². The van der Waals surface area contributed by atoms with E-state index in [1.165, 1.54) is 0 Å². The van der Waals surface area contributed by atoms with E-state index in [1.54, 1.807) is 54.6 Å². The number of carbonyl (C=O) groups excluding carboxylic acids is 2. The Morgan fingerprint density at radius 3 is 2.21 bits per heavy atom. The fraction of sp³-hybridized carbons (Fsp3) is 0.333. The second kappa shape index (κ2) is 13.0. The van der Waals surface area contributed by atoms with Crippen molar-refractivity contribution in [2.24, 2.45) is 5.92 Å². The highest BCUT2D eigenvalue weighted by molar-refractivity contribution is 6.41. The van der Waals surface area contributed by atoms with E-state index in [-0.39, 0.29) is 18.8 Å². The van der Waals surface area contributed by atoms with Gasteiger partial charge in [-0.25, -0.2) is 0 Å². The van der Waals surface area contributed by atoms with Crippen LogP contribution in [0, 0.1) is 5.92 Å². The molecule has 0 bridgehead atoms. The summed E-state index contributed by atoms with van der Waals surface area (Å²) in [5.74, 6) is 0.0898. The summed E-state index contributed by atoms with van der Waals surface area (Å²) in [7, 11) is -1.63. The molecule has 2 aromatic carbocycles. The number of hydrogen-bond acceptors (Lipinski definition) is 4. The van der Waals surface area contributed by atoms with E-state index in [0.29, 0.717) is 16.1 Å². The maximum Gasteiger partial charge on any atom is 0.472 e. The molecule has 0 radical (unpaired) electrons. The van der Waals surface area contributed by atoms with Crippen LogP contribution in [0.2, 0.25) is 5.02 Å². The standard InChI is InChI=1S/C17H18BClN2O4.C4H10/c19-14-8-4-7-13(9-14)15(10-16(22)20-11-18(24)25)21-17(23)12-5-2-1-3-6-12;1-4(2)3/h1-9,15,24-25H,10-11H2,(H,20,22)(H,21,23);4H,1-3H3. The Kier molecular flexibility index (Phi) is 11.1. The molecule has 0 saturated heterocycles. The summed E-state index contributed by atoms with van der Waals surface area (Å²) in [6.07, 6.45) is -0.348. The smallest absolute Gasteiger partial charge is 0.426 e. The van der Waals surface area contributed by atoms with E-state index in [1.807, 2.05) is 0 Å². The van der Waals surface area contributed by atoms with E-state index in [0.717, 1.165) is 5.92 Å². The predicted molar refractivity (Wildman–Crippen MR) is 116 cm³/mol. The van der Waals surface area contributed by atoms with Gasteiger partial charge in [-0.1, -0.05) is 62.7 Å². The topological polar surface area (TPSA) is 98.7 Å². The van der Waals surface area contributed by atoms with Gasteiger partial charge in [-0.3, -0.25) is 9.59 Å². The average molecular weight is 419 g/mol. The number of amides is 2. The largest absolute Gasteiger partial charge is 0.472 e. The summed E-state index contributed by atoms with van der Waals surface area (Å²) in [5, 5.41) is 23.4. The van der Waals surface area contributed by atoms with Gasteiger partial charge in [0.25, 0.3) is 5.91 Å². The first kappa shape index (κ1) is 24.7. The van der Waals surface area contributed by atoms with Crippen LogP contribution < -0.4 is 10.6 Å². The third-order valence-electron chi connectivity index (χ3n) is 3.46. The minimum atomic E-state index is -1.63. The van der Waals surface area contributed by atoms with E-state index in [4.69, 9.17) is 21.6 Å². The third kappa shape index (κ3) is 10.7.